The number of carbonyl (C=O) groups is 2. The van der Waals surface area contributed by atoms with Gasteiger partial charge in [-0.25, -0.2) is 13.7 Å². The molecule has 0 bridgehead atoms. The highest BCUT2D eigenvalue weighted by Gasteiger charge is 2.41. The molecule has 0 radical (unpaired) electrons. The van der Waals surface area contributed by atoms with E-state index in [1.807, 2.05) is 51.1 Å². The zero-order valence-corrected chi connectivity index (χ0v) is 17.3. The highest BCUT2D eigenvalue weighted by atomic mass is 19.1. The van der Waals surface area contributed by atoms with Crippen LogP contribution in [0.5, 0.6) is 0 Å². The number of rotatable bonds is 4. The molecule has 2 amide bonds. The Morgan fingerprint density at radius 1 is 0.742 bits per heavy atom. The van der Waals surface area contributed by atoms with E-state index in [2.05, 4.69) is 5.32 Å². The predicted molar refractivity (Wildman–Crippen MR) is 116 cm³/mol. The van der Waals surface area contributed by atoms with Crippen LogP contribution in [0.1, 0.15) is 22.3 Å². The quantitative estimate of drug-likeness (QED) is 0.586. The first kappa shape index (κ1) is 20.5. The molecule has 0 spiro atoms. The van der Waals surface area contributed by atoms with Crippen molar-refractivity contribution in [3.8, 4) is 0 Å². The number of imide groups is 1. The molecule has 0 saturated carbocycles. The van der Waals surface area contributed by atoms with Crippen LogP contribution in [0.3, 0.4) is 0 Å². The second-order valence-corrected chi connectivity index (χ2v) is 7.66. The Balaban J connectivity index is 1.85. The lowest BCUT2D eigenvalue weighted by Crippen LogP contribution is -2.33. The largest absolute Gasteiger partial charge is 0.350 e. The average Bonchev–Trinajstić information content (AvgIpc) is 2.92. The molecule has 156 valence electrons. The highest BCUT2D eigenvalue weighted by molar-refractivity contribution is 6.46. The molecule has 0 atom stereocenters. The lowest BCUT2D eigenvalue weighted by molar-refractivity contribution is -0.120. The van der Waals surface area contributed by atoms with Crippen molar-refractivity contribution in [2.24, 2.45) is 0 Å². The van der Waals surface area contributed by atoms with E-state index in [-0.39, 0.29) is 17.0 Å². The molecule has 6 heteroatoms. The van der Waals surface area contributed by atoms with E-state index in [0.29, 0.717) is 17.3 Å². The number of amides is 2. The number of halogens is 2. The second kappa shape index (κ2) is 7.80. The van der Waals surface area contributed by atoms with Crippen LogP contribution in [0.2, 0.25) is 0 Å². The zero-order chi connectivity index (χ0) is 22.3. The molecule has 1 N–H and O–H groups in total. The number of nitrogens with one attached hydrogen (secondary N) is 1. The van der Waals surface area contributed by atoms with Crippen molar-refractivity contribution in [3.05, 3.63) is 100 Å². The van der Waals surface area contributed by atoms with Gasteiger partial charge >= 0.3 is 0 Å². The summed E-state index contributed by atoms with van der Waals surface area (Å²) in [5.41, 5.74) is 4.01. The van der Waals surface area contributed by atoms with Crippen molar-refractivity contribution in [2.45, 2.75) is 20.8 Å². The number of hydrogen-bond acceptors (Lipinski definition) is 3. The number of hydrogen-bond donors (Lipinski definition) is 1. The molecule has 1 aliphatic rings. The van der Waals surface area contributed by atoms with Gasteiger partial charge in [0, 0.05) is 11.8 Å². The lowest BCUT2D eigenvalue weighted by Gasteiger charge is -2.16. The van der Waals surface area contributed by atoms with Gasteiger partial charge in [-0.2, -0.15) is 0 Å². The fourth-order valence-corrected chi connectivity index (χ4v) is 3.71. The van der Waals surface area contributed by atoms with E-state index in [0.717, 1.165) is 33.7 Å². The summed E-state index contributed by atoms with van der Waals surface area (Å²) >= 11 is 0. The van der Waals surface area contributed by atoms with E-state index in [1.54, 1.807) is 12.1 Å². The van der Waals surface area contributed by atoms with Gasteiger partial charge in [-0.05, 0) is 61.7 Å². The van der Waals surface area contributed by atoms with Gasteiger partial charge in [-0.1, -0.05) is 35.9 Å². The number of aryl methyl sites for hydroxylation is 3. The summed E-state index contributed by atoms with van der Waals surface area (Å²) in [5, 5.41) is 3.07. The van der Waals surface area contributed by atoms with Gasteiger partial charge in [-0.3, -0.25) is 9.59 Å². The Morgan fingerprint density at radius 2 is 1.39 bits per heavy atom. The fourth-order valence-electron chi connectivity index (χ4n) is 3.71. The monoisotopic (exact) mass is 418 g/mol. The summed E-state index contributed by atoms with van der Waals surface area (Å²) in [4.78, 5) is 27.4. The lowest BCUT2D eigenvalue weighted by atomic mass is 10.0. The smallest absolute Gasteiger partial charge is 0.282 e. The van der Waals surface area contributed by atoms with Crippen molar-refractivity contribution in [1.29, 1.82) is 0 Å². The van der Waals surface area contributed by atoms with E-state index in [1.165, 1.54) is 0 Å². The third-order valence-corrected chi connectivity index (χ3v) is 5.07. The maximum absolute atomic E-state index is 14.5. The molecule has 1 aliphatic heterocycles. The van der Waals surface area contributed by atoms with E-state index in [4.69, 9.17) is 0 Å². The molecule has 0 unspecified atom stereocenters. The van der Waals surface area contributed by atoms with Crippen molar-refractivity contribution in [3.63, 3.8) is 0 Å². The molecular formula is C25H20F2N2O2. The van der Waals surface area contributed by atoms with Crippen LogP contribution in [-0.4, -0.2) is 11.8 Å². The van der Waals surface area contributed by atoms with Gasteiger partial charge in [0.1, 0.15) is 17.3 Å². The molecule has 4 rings (SSSR count). The average molecular weight is 418 g/mol. The molecular weight excluding hydrogens is 398 g/mol. The first-order valence-electron chi connectivity index (χ1n) is 9.75. The second-order valence-electron chi connectivity index (χ2n) is 7.66. The molecule has 0 aromatic heterocycles. The van der Waals surface area contributed by atoms with Crippen LogP contribution in [0, 0.1) is 32.4 Å². The van der Waals surface area contributed by atoms with E-state index < -0.39 is 23.4 Å². The third kappa shape index (κ3) is 3.84. The van der Waals surface area contributed by atoms with Gasteiger partial charge in [0.25, 0.3) is 11.8 Å². The minimum atomic E-state index is -0.988. The van der Waals surface area contributed by atoms with E-state index in [9.17, 15) is 18.4 Å². The summed E-state index contributed by atoms with van der Waals surface area (Å²) < 4.78 is 27.9. The van der Waals surface area contributed by atoms with E-state index >= 15 is 0 Å². The molecule has 0 fully saturated rings. The normalized spacial score (nSPS) is 13.9. The first-order valence-corrected chi connectivity index (χ1v) is 9.75. The predicted octanol–water partition coefficient (Wildman–Crippen LogP) is 5.29. The minimum absolute atomic E-state index is 0.0441. The van der Waals surface area contributed by atoms with Crippen LogP contribution < -0.4 is 10.2 Å². The van der Waals surface area contributed by atoms with Gasteiger partial charge in [-0.15, -0.1) is 0 Å². The van der Waals surface area contributed by atoms with Crippen molar-refractivity contribution in [1.82, 2.24) is 0 Å². The fraction of sp³-hybridized carbons (Fsp3) is 0.120. The van der Waals surface area contributed by atoms with Crippen molar-refractivity contribution < 1.29 is 18.4 Å². The topological polar surface area (TPSA) is 49.4 Å². The Kier molecular flexibility index (Phi) is 5.15. The number of nitrogens with zero attached hydrogens (tertiary/aromatic N) is 1. The molecule has 0 aliphatic carbocycles. The third-order valence-electron chi connectivity index (χ3n) is 5.07. The zero-order valence-electron chi connectivity index (χ0n) is 17.3. The molecule has 4 nitrogen and oxygen atoms in total. The summed E-state index contributed by atoms with van der Waals surface area (Å²) in [6, 6.07) is 15.6. The maximum Gasteiger partial charge on any atom is 0.282 e. The standard InChI is InChI=1S/C25H20F2N2O2/c1-14-4-6-17(7-5-14)22-23(28-19-11-15(2)10-16(3)12-19)25(31)29(24(22)30)21-9-8-18(26)13-20(21)27/h4-13,28H,1-3H3. The number of benzene rings is 3. The molecule has 0 saturated heterocycles. The molecule has 1 heterocycles. The Hall–Kier alpha value is -3.80. The van der Waals surface area contributed by atoms with Crippen molar-refractivity contribution in [2.75, 3.05) is 10.2 Å². The van der Waals surface area contributed by atoms with Gasteiger partial charge in [0.2, 0.25) is 0 Å². The summed E-state index contributed by atoms with van der Waals surface area (Å²) in [7, 11) is 0. The summed E-state index contributed by atoms with van der Waals surface area (Å²) in [5.74, 6) is -3.16. The van der Waals surface area contributed by atoms with Crippen LogP contribution in [0.25, 0.3) is 5.57 Å². The highest BCUT2D eigenvalue weighted by Crippen LogP contribution is 2.35. The molecule has 3 aromatic carbocycles. The van der Waals surface area contributed by atoms with Gasteiger partial charge < -0.3 is 5.32 Å². The Labute approximate surface area is 178 Å². The minimum Gasteiger partial charge on any atom is -0.350 e. The van der Waals surface area contributed by atoms with Crippen LogP contribution in [0.15, 0.2) is 66.4 Å². The maximum atomic E-state index is 14.5. The number of carbonyl (C=O) groups excluding carboxylic acids is 2. The van der Waals surface area contributed by atoms with Crippen LogP contribution >= 0.6 is 0 Å². The van der Waals surface area contributed by atoms with Crippen LogP contribution in [-0.2, 0) is 9.59 Å². The van der Waals surface area contributed by atoms with Gasteiger partial charge in [0.15, 0.2) is 0 Å². The summed E-state index contributed by atoms with van der Waals surface area (Å²) in [6.45, 7) is 5.76. The molecule has 3 aromatic rings. The Bertz CT molecular complexity index is 1230. The molecule has 31 heavy (non-hydrogen) atoms. The van der Waals surface area contributed by atoms with Gasteiger partial charge in [0.05, 0.1) is 11.3 Å². The first-order chi connectivity index (χ1) is 14.7. The van der Waals surface area contributed by atoms with Crippen molar-refractivity contribution >= 4 is 28.8 Å². The SMILES string of the molecule is Cc1ccc(C2=C(Nc3cc(C)cc(C)c3)C(=O)N(c3ccc(F)cc3F)C2=O)cc1. The summed E-state index contributed by atoms with van der Waals surface area (Å²) in [6.07, 6.45) is 0. The Morgan fingerprint density at radius 3 is 2.00 bits per heavy atom. The van der Waals surface area contributed by atoms with Crippen LogP contribution in [0.4, 0.5) is 20.2 Å². The number of anilines is 2.